The Morgan fingerprint density at radius 2 is 2.07 bits per heavy atom. The average molecular weight is 405 g/mol. The predicted octanol–water partition coefficient (Wildman–Crippen LogP) is 1.65. The number of halogens is 3. The summed E-state index contributed by atoms with van der Waals surface area (Å²) in [6.07, 6.45) is -0.533. The molecule has 2 aliphatic rings. The monoisotopic (exact) mass is 405 g/mol. The Balaban J connectivity index is 1.51. The van der Waals surface area contributed by atoms with Crippen molar-refractivity contribution in [3.63, 3.8) is 0 Å². The number of hydrogen-bond donors (Lipinski definition) is 3. The van der Waals surface area contributed by atoms with Crippen LogP contribution in [0.4, 0.5) is 19.0 Å². The molecule has 1 aromatic heterocycles. The zero-order valence-electron chi connectivity index (χ0n) is 15.2. The van der Waals surface area contributed by atoms with Crippen LogP contribution >= 0.6 is 0 Å². The standard InChI is InChI=1S/C19H18F3N5O2/c20-10-1-2-12(22)9(3-10)6-24-19(29)17-16-14(7-23-17)25-8-26-18(16)27-13-4-11(21)5-15(13)28/h1-3,8,11,13,15,28H,4-7H2,(H,24,29)(H,25,26,27)/t11-,13-,15-/m0/s1. The maximum Gasteiger partial charge on any atom is 0.270 e. The molecule has 3 N–H and O–H groups in total. The van der Waals surface area contributed by atoms with Crippen LogP contribution in [-0.4, -0.2) is 45.0 Å². The molecular formula is C19H18F3N5O2. The van der Waals surface area contributed by atoms with E-state index in [2.05, 4.69) is 25.6 Å². The van der Waals surface area contributed by atoms with Crippen molar-refractivity contribution in [3.05, 3.63) is 53.0 Å². The van der Waals surface area contributed by atoms with E-state index >= 15 is 0 Å². The van der Waals surface area contributed by atoms with Crippen molar-refractivity contribution in [2.75, 3.05) is 5.32 Å². The lowest BCUT2D eigenvalue weighted by atomic mass is 10.1. The highest BCUT2D eigenvalue weighted by molar-refractivity contribution is 6.47. The molecule has 4 rings (SSSR count). The molecule has 0 bridgehead atoms. The van der Waals surface area contributed by atoms with Gasteiger partial charge in [0.2, 0.25) is 0 Å². The summed E-state index contributed by atoms with van der Waals surface area (Å²) in [7, 11) is 0. The molecule has 1 aromatic carbocycles. The number of amides is 1. The number of aliphatic hydroxyl groups is 1. The Hall–Kier alpha value is -3.01. The maximum absolute atomic E-state index is 13.8. The second kappa shape index (κ2) is 7.78. The van der Waals surface area contributed by atoms with Crippen LogP contribution in [0.15, 0.2) is 29.5 Å². The largest absolute Gasteiger partial charge is 0.391 e. The molecule has 7 nitrogen and oxygen atoms in total. The molecule has 1 aliphatic carbocycles. The first-order valence-electron chi connectivity index (χ1n) is 9.12. The number of carbonyl (C=O) groups is 1. The lowest BCUT2D eigenvalue weighted by molar-refractivity contribution is -0.114. The molecule has 2 aromatic rings. The van der Waals surface area contributed by atoms with Crippen LogP contribution in [0, 0.1) is 11.6 Å². The summed E-state index contributed by atoms with van der Waals surface area (Å²) in [5.41, 5.74) is 0.917. The first-order chi connectivity index (χ1) is 13.9. The molecule has 10 heteroatoms. The number of aliphatic hydroxyl groups excluding tert-OH is 1. The Labute approximate surface area is 164 Å². The minimum Gasteiger partial charge on any atom is -0.391 e. The highest BCUT2D eigenvalue weighted by Gasteiger charge is 2.35. The Bertz CT molecular complexity index is 984. The van der Waals surface area contributed by atoms with Gasteiger partial charge in [-0.25, -0.2) is 23.1 Å². The summed E-state index contributed by atoms with van der Waals surface area (Å²) >= 11 is 0. The van der Waals surface area contributed by atoms with E-state index in [9.17, 15) is 23.1 Å². The maximum atomic E-state index is 13.8. The van der Waals surface area contributed by atoms with Crippen LogP contribution in [0.25, 0.3) is 0 Å². The number of aromatic nitrogens is 2. The van der Waals surface area contributed by atoms with Crippen molar-refractivity contribution < 1.29 is 23.1 Å². The van der Waals surface area contributed by atoms with Crippen molar-refractivity contribution in [1.82, 2.24) is 15.3 Å². The van der Waals surface area contributed by atoms with Crippen LogP contribution in [0.5, 0.6) is 0 Å². The lowest BCUT2D eigenvalue weighted by Gasteiger charge is -2.19. The second-order valence-electron chi connectivity index (χ2n) is 7.01. The van der Waals surface area contributed by atoms with E-state index in [0.717, 1.165) is 18.2 Å². The molecule has 152 valence electrons. The summed E-state index contributed by atoms with van der Waals surface area (Å²) in [4.78, 5) is 25.1. The molecule has 29 heavy (non-hydrogen) atoms. The summed E-state index contributed by atoms with van der Waals surface area (Å²) in [5, 5.41) is 15.5. The van der Waals surface area contributed by atoms with Gasteiger partial charge in [-0.1, -0.05) is 0 Å². The van der Waals surface area contributed by atoms with Crippen molar-refractivity contribution in [3.8, 4) is 0 Å². The fourth-order valence-corrected chi connectivity index (χ4v) is 3.54. The summed E-state index contributed by atoms with van der Waals surface area (Å²) < 4.78 is 40.6. The fraction of sp³-hybridized carbons (Fsp3) is 0.368. The van der Waals surface area contributed by atoms with E-state index in [0.29, 0.717) is 11.3 Å². The smallest absolute Gasteiger partial charge is 0.270 e. The molecule has 1 saturated carbocycles. The molecule has 2 heterocycles. The third kappa shape index (κ3) is 3.93. The zero-order chi connectivity index (χ0) is 20.5. The number of nitrogens with zero attached hydrogens (tertiary/aromatic N) is 3. The quantitative estimate of drug-likeness (QED) is 0.703. The lowest BCUT2D eigenvalue weighted by Crippen LogP contribution is -2.33. The Morgan fingerprint density at radius 1 is 1.24 bits per heavy atom. The number of carbonyl (C=O) groups excluding carboxylic acids is 1. The molecule has 0 saturated heterocycles. The fourth-order valence-electron chi connectivity index (χ4n) is 3.54. The molecule has 1 amide bonds. The number of benzene rings is 1. The number of aliphatic imine (C=N–C) groups is 1. The second-order valence-corrected chi connectivity index (χ2v) is 7.01. The van der Waals surface area contributed by atoms with Crippen molar-refractivity contribution in [1.29, 1.82) is 0 Å². The molecule has 3 atom stereocenters. The van der Waals surface area contributed by atoms with Gasteiger partial charge < -0.3 is 15.7 Å². The van der Waals surface area contributed by atoms with Gasteiger partial charge in [0.25, 0.3) is 5.91 Å². The molecule has 1 aliphatic heterocycles. The van der Waals surface area contributed by atoms with E-state index in [1.165, 1.54) is 6.33 Å². The van der Waals surface area contributed by atoms with E-state index in [-0.39, 0.29) is 43.0 Å². The summed E-state index contributed by atoms with van der Waals surface area (Å²) in [6, 6.07) is 2.44. The van der Waals surface area contributed by atoms with Crippen molar-refractivity contribution in [2.24, 2.45) is 4.99 Å². The number of fused-ring (bicyclic) bond motifs is 1. The average Bonchev–Trinajstić information content (AvgIpc) is 3.26. The van der Waals surface area contributed by atoms with E-state index in [4.69, 9.17) is 0 Å². The van der Waals surface area contributed by atoms with Crippen LogP contribution in [0.2, 0.25) is 0 Å². The normalized spacial score (nSPS) is 22.9. The third-order valence-corrected chi connectivity index (χ3v) is 5.01. The number of nitrogens with one attached hydrogen (secondary N) is 2. The zero-order valence-corrected chi connectivity index (χ0v) is 15.2. The van der Waals surface area contributed by atoms with Gasteiger partial charge in [-0.2, -0.15) is 0 Å². The van der Waals surface area contributed by atoms with Gasteiger partial charge in [-0.05, 0) is 18.2 Å². The van der Waals surface area contributed by atoms with Gasteiger partial charge in [0, 0.05) is 24.9 Å². The van der Waals surface area contributed by atoms with Crippen molar-refractivity contribution >= 4 is 17.4 Å². The summed E-state index contributed by atoms with van der Waals surface area (Å²) in [5.74, 6) is -1.57. The van der Waals surface area contributed by atoms with Gasteiger partial charge in [0.1, 0.15) is 35.7 Å². The molecule has 0 spiro atoms. The van der Waals surface area contributed by atoms with E-state index in [1.807, 2.05) is 0 Å². The van der Waals surface area contributed by atoms with Gasteiger partial charge in [-0.15, -0.1) is 0 Å². The number of alkyl halides is 1. The van der Waals surface area contributed by atoms with Crippen LogP contribution < -0.4 is 10.6 Å². The number of anilines is 1. The van der Waals surface area contributed by atoms with Gasteiger partial charge >= 0.3 is 0 Å². The first kappa shape index (κ1) is 19.3. The Morgan fingerprint density at radius 3 is 2.83 bits per heavy atom. The molecular weight excluding hydrogens is 387 g/mol. The molecule has 1 fully saturated rings. The van der Waals surface area contributed by atoms with Gasteiger partial charge in [0.15, 0.2) is 0 Å². The SMILES string of the molecule is O=C(NCc1cc(F)ccc1F)C1=NCc2ncnc(N[C@H]3C[C@H](F)C[C@@H]3O)c21. The number of rotatable bonds is 5. The van der Waals surface area contributed by atoms with Gasteiger partial charge in [-0.3, -0.25) is 9.79 Å². The van der Waals surface area contributed by atoms with Crippen LogP contribution in [-0.2, 0) is 17.9 Å². The molecule has 0 radical (unpaired) electrons. The van der Waals surface area contributed by atoms with Gasteiger partial charge in [0.05, 0.1) is 29.9 Å². The minimum atomic E-state index is -1.12. The van der Waals surface area contributed by atoms with Crippen LogP contribution in [0.3, 0.4) is 0 Å². The van der Waals surface area contributed by atoms with Crippen LogP contribution in [0.1, 0.15) is 29.7 Å². The first-order valence-corrected chi connectivity index (χ1v) is 9.12. The molecule has 0 unspecified atom stereocenters. The third-order valence-electron chi connectivity index (χ3n) is 5.01. The minimum absolute atomic E-state index is 0.00268. The highest BCUT2D eigenvalue weighted by atomic mass is 19.1. The Kier molecular flexibility index (Phi) is 5.18. The van der Waals surface area contributed by atoms with Crippen molar-refractivity contribution in [2.45, 2.75) is 44.2 Å². The summed E-state index contributed by atoms with van der Waals surface area (Å²) in [6.45, 7) is -0.0688. The predicted molar refractivity (Wildman–Crippen MR) is 98.0 cm³/mol. The number of hydrogen-bond acceptors (Lipinski definition) is 6. The highest BCUT2D eigenvalue weighted by Crippen LogP contribution is 2.29. The van der Waals surface area contributed by atoms with E-state index in [1.54, 1.807) is 0 Å². The van der Waals surface area contributed by atoms with E-state index < -0.39 is 35.9 Å². The topological polar surface area (TPSA) is 99.5 Å².